The maximum absolute atomic E-state index is 13.5. The summed E-state index contributed by atoms with van der Waals surface area (Å²) < 4.78 is 5.31. The summed E-state index contributed by atoms with van der Waals surface area (Å²) in [6.45, 7) is 8.97. The Kier molecular flexibility index (Phi) is 15.3. The summed E-state index contributed by atoms with van der Waals surface area (Å²) in [5.41, 5.74) is -0.154. The van der Waals surface area contributed by atoms with Crippen LogP contribution in [0.4, 0.5) is 5.69 Å². The first-order chi connectivity index (χ1) is 21.2. The van der Waals surface area contributed by atoms with Crippen molar-refractivity contribution in [1.29, 1.82) is 0 Å². The molecule has 17 heteroatoms. The predicted octanol–water partition coefficient (Wildman–Crippen LogP) is 0.641. The number of carbonyl (C=O) groups is 5. The van der Waals surface area contributed by atoms with Gasteiger partial charge in [-0.15, -0.1) is 15.2 Å². The maximum atomic E-state index is 13.5. The van der Waals surface area contributed by atoms with Gasteiger partial charge in [0, 0.05) is 65.6 Å². The van der Waals surface area contributed by atoms with E-state index in [9.17, 15) is 34.1 Å². The Morgan fingerprint density at radius 3 is 1.58 bits per heavy atom. The molecule has 1 aliphatic heterocycles. The number of carbonyl (C=O) groups excluding carboxylic acids is 5. The highest BCUT2D eigenvalue weighted by Gasteiger charge is 2.25. The lowest BCUT2D eigenvalue weighted by molar-refractivity contribution is -0.384. The molecular formula is C28H42N6O11. The molecule has 250 valence electrons. The number of nitro groups is 1. The highest BCUT2D eigenvalue weighted by atomic mass is 16.7. The van der Waals surface area contributed by atoms with E-state index in [1.165, 1.54) is 65.1 Å². The minimum atomic E-state index is -0.717. The quantitative estimate of drug-likeness (QED) is 0.142. The molecule has 0 radical (unpaired) electrons. The number of ether oxygens (including phenoxy) is 1. The van der Waals surface area contributed by atoms with Crippen molar-refractivity contribution in [3.63, 3.8) is 0 Å². The average Bonchev–Trinajstić information content (AvgIpc) is 2.93. The number of esters is 1. The molecule has 0 bridgehead atoms. The van der Waals surface area contributed by atoms with E-state index in [4.69, 9.17) is 19.2 Å². The third kappa shape index (κ3) is 14.9. The molecule has 45 heavy (non-hydrogen) atoms. The molecule has 1 heterocycles. The van der Waals surface area contributed by atoms with E-state index in [1.807, 2.05) is 13.8 Å². The Morgan fingerprint density at radius 1 is 0.778 bits per heavy atom. The van der Waals surface area contributed by atoms with E-state index in [2.05, 4.69) is 0 Å². The van der Waals surface area contributed by atoms with Crippen LogP contribution >= 0.6 is 0 Å². The number of hydrogen-bond acceptors (Lipinski definition) is 15. The summed E-state index contributed by atoms with van der Waals surface area (Å²) in [4.78, 5) is 90.8. The Labute approximate surface area is 261 Å². The van der Waals surface area contributed by atoms with Crippen LogP contribution in [0.5, 0.6) is 5.75 Å². The largest absolute Gasteiger partial charge is 0.425 e. The number of benzene rings is 1. The van der Waals surface area contributed by atoms with E-state index in [0.717, 1.165) is 0 Å². The van der Waals surface area contributed by atoms with Crippen LogP contribution < -0.4 is 4.74 Å². The van der Waals surface area contributed by atoms with Gasteiger partial charge in [-0.05, 0) is 18.1 Å². The second-order valence-corrected chi connectivity index (χ2v) is 10.7. The Hall–Kier alpha value is -4.19. The van der Waals surface area contributed by atoms with E-state index in [1.54, 1.807) is 4.90 Å². The van der Waals surface area contributed by atoms with Crippen molar-refractivity contribution in [2.75, 3.05) is 72.0 Å². The molecule has 17 nitrogen and oxygen atoms in total. The van der Waals surface area contributed by atoms with Crippen molar-refractivity contribution in [2.24, 2.45) is 5.92 Å². The van der Waals surface area contributed by atoms with Crippen molar-refractivity contribution < 1.29 is 48.1 Å². The van der Waals surface area contributed by atoms with E-state index in [0.29, 0.717) is 0 Å². The summed E-state index contributed by atoms with van der Waals surface area (Å²) in [6, 6.07) is 5.03. The zero-order valence-corrected chi connectivity index (χ0v) is 26.3. The van der Waals surface area contributed by atoms with Gasteiger partial charge in [0.05, 0.1) is 37.6 Å². The molecule has 0 spiro atoms. The highest BCUT2D eigenvalue weighted by Crippen LogP contribution is 2.17. The van der Waals surface area contributed by atoms with Gasteiger partial charge in [0.2, 0.25) is 5.91 Å². The number of amides is 1. The smallest absolute Gasteiger partial charge is 0.331 e. The maximum Gasteiger partial charge on any atom is 0.331 e. The molecule has 0 aromatic heterocycles. The van der Waals surface area contributed by atoms with E-state index >= 15 is 0 Å². The summed E-state index contributed by atoms with van der Waals surface area (Å²) in [5, 5.41) is 15.1. The monoisotopic (exact) mass is 638 g/mol. The molecule has 1 aliphatic rings. The lowest BCUT2D eigenvalue weighted by Crippen LogP contribution is -2.50. The van der Waals surface area contributed by atoms with Gasteiger partial charge in [0.25, 0.3) is 5.69 Å². The van der Waals surface area contributed by atoms with E-state index in [-0.39, 0.29) is 95.3 Å². The lowest BCUT2D eigenvalue weighted by atomic mass is 10.2. The third-order valence-electron chi connectivity index (χ3n) is 6.20. The molecular weight excluding hydrogens is 596 g/mol. The fourth-order valence-electron chi connectivity index (χ4n) is 4.32. The van der Waals surface area contributed by atoms with Crippen LogP contribution in [0.2, 0.25) is 0 Å². The Morgan fingerprint density at radius 2 is 1.20 bits per heavy atom. The van der Waals surface area contributed by atoms with Crippen LogP contribution in [0.1, 0.15) is 34.6 Å². The number of hydroxylamine groups is 6. The molecule has 0 atom stereocenters. The fraction of sp³-hybridized carbons (Fsp3) is 0.607. The lowest BCUT2D eigenvalue weighted by Gasteiger charge is -2.33. The van der Waals surface area contributed by atoms with Gasteiger partial charge in [0.1, 0.15) is 12.3 Å². The van der Waals surface area contributed by atoms with Crippen molar-refractivity contribution in [2.45, 2.75) is 34.6 Å². The topological polar surface area (TPSA) is 182 Å². The van der Waals surface area contributed by atoms with Gasteiger partial charge in [-0.2, -0.15) is 0 Å². The second kappa shape index (κ2) is 18.6. The zero-order valence-electron chi connectivity index (χ0n) is 26.3. The van der Waals surface area contributed by atoms with E-state index < -0.39 is 28.8 Å². The number of non-ortho nitro benzene ring substituents is 1. The van der Waals surface area contributed by atoms with Crippen LogP contribution in [-0.2, 0) is 38.5 Å². The molecule has 1 amide bonds. The van der Waals surface area contributed by atoms with Crippen LogP contribution in [0.25, 0.3) is 0 Å². The van der Waals surface area contributed by atoms with Gasteiger partial charge < -0.3 is 24.1 Å². The first kappa shape index (κ1) is 37.0. The predicted molar refractivity (Wildman–Crippen MR) is 157 cm³/mol. The molecule has 0 N–H and O–H groups in total. The average molecular weight is 639 g/mol. The van der Waals surface area contributed by atoms with Crippen LogP contribution in [0.15, 0.2) is 24.3 Å². The standard InChI is InChI=1S/C28H42N6O11/c1-21(2)18-30(20-28(39)42-26-8-6-25(7-9-26)34(40)41)27(38)19-29-10-12-31(43-22(3)35)14-16-33(45-24(5)37)17-15-32(13-11-29)44-23(4)36/h6-9,21H,10-20H2,1-5H3. The van der Waals surface area contributed by atoms with Crippen molar-refractivity contribution in [1.82, 2.24) is 25.0 Å². The molecule has 0 unspecified atom stereocenters. The first-order valence-corrected chi connectivity index (χ1v) is 14.5. The molecule has 0 aliphatic carbocycles. The third-order valence-corrected chi connectivity index (χ3v) is 6.20. The van der Waals surface area contributed by atoms with Crippen molar-refractivity contribution in [3.8, 4) is 5.75 Å². The molecule has 1 saturated heterocycles. The van der Waals surface area contributed by atoms with Gasteiger partial charge in [-0.3, -0.25) is 34.2 Å². The van der Waals surface area contributed by atoms with Gasteiger partial charge in [0.15, 0.2) is 0 Å². The summed E-state index contributed by atoms with van der Waals surface area (Å²) in [6.07, 6.45) is 0. The second-order valence-electron chi connectivity index (χ2n) is 10.7. The van der Waals surface area contributed by atoms with Crippen LogP contribution in [0.3, 0.4) is 0 Å². The Bertz CT molecular complexity index is 1150. The number of nitro benzene ring substituents is 1. The summed E-state index contributed by atoms with van der Waals surface area (Å²) >= 11 is 0. The van der Waals surface area contributed by atoms with Crippen LogP contribution in [-0.4, -0.2) is 132 Å². The molecule has 0 saturated carbocycles. The normalized spacial score (nSPS) is 16.1. The van der Waals surface area contributed by atoms with Crippen LogP contribution in [0, 0.1) is 16.0 Å². The van der Waals surface area contributed by atoms with Crippen molar-refractivity contribution >= 4 is 35.5 Å². The minimum Gasteiger partial charge on any atom is -0.425 e. The first-order valence-electron chi connectivity index (χ1n) is 14.5. The summed E-state index contributed by atoms with van der Waals surface area (Å²) in [7, 11) is 0. The highest BCUT2D eigenvalue weighted by molar-refractivity contribution is 5.84. The van der Waals surface area contributed by atoms with Crippen molar-refractivity contribution in [3.05, 3.63) is 34.4 Å². The van der Waals surface area contributed by atoms with Gasteiger partial charge >= 0.3 is 23.9 Å². The SMILES string of the molecule is CC(=O)ON1CCN(CC(=O)N(CC(=O)Oc2ccc([N+](=O)[O-])cc2)CC(C)C)CCN(OC(C)=O)CCN(OC(C)=O)CC1. The number of hydrogen-bond donors (Lipinski definition) is 0. The summed E-state index contributed by atoms with van der Waals surface area (Å²) in [5.74, 6) is -2.58. The molecule has 2 rings (SSSR count). The van der Waals surface area contributed by atoms with Gasteiger partial charge in [-0.1, -0.05) is 13.8 Å². The molecule has 1 aromatic rings. The minimum absolute atomic E-state index is 0.0199. The molecule has 1 aromatic carbocycles. The Balaban J connectivity index is 2.18. The number of rotatable bonds is 11. The molecule has 1 fully saturated rings. The van der Waals surface area contributed by atoms with Gasteiger partial charge in [-0.25, -0.2) is 4.79 Å². The zero-order chi connectivity index (χ0) is 33.5. The fourth-order valence-corrected chi connectivity index (χ4v) is 4.32. The number of nitrogens with zero attached hydrogens (tertiary/aromatic N) is 6.